The number of carbonyl (C=O) groups is 2. The smallest absolute Gasteiger partial charge is 0.317 e. The molecule has 2 amide bonds. The first kappa shape index (κ1) is 13.1. The van der Waals surface area contributed by atoms with Crippen LogP contribution in [0.1, 0.15) is 20.3 Å². The number of aliphatic carboxylic acids is 1. The van der Waals surface area contributed by atoms with Crippen molar-refractivity contribution in [2.24, 2.45) is 11.8 Å². The molecule has 2 saturated heterocycles. The van der Waals surface area contributed by atoms with E-state index in [1.54, 1.807) is 4.90 Å². The second-order valence-corrected chi connectivity index (χ2v) is 5.25. The van der Waals surface area contributed by atoms with Crippen LogP contribution >= 0.6 is 0 Å². The van der Waals surface area contributed by atoms with Crippen LogP contribution in [0.25, 0.3) is 0 Å². The van der Waals surface area contributed by atoms with E-state index in [9.17, 15) is 9.59 Å². The van der Waals surface area contributed by atoms with Crippen LogP contribution in [-0.4, -0.2) is 53.8 Å². The first-order chi connectivity index (χ1) is 8.49. The number of amides is 2. The van der Waals surface area contributed by atoms with Gasteiger partial charge in [0.1, 0.15) is 0 Å². The summed E-state index contributed by atoms with van der Waals surface area (Å²) in [6, 6.07) is -0.135. The summed E-state index contributed by atoms with van der Waals surface area (Å²) < 4.78 is 5.38. The first-order valence-electron chi connectivity index (χ1n) is 6.39. The SMILES string of the molecule is CC1OCCC1NC(=O)N1C[C@@H](C)[C@H](C(=O)O)C1. The molecule has 0 aliphatic carbocycles. The van der Waals surface area contributed by atoms with Gasteiger partial charge in [-0.1, -0.05) is 6.92 Å². The number of carboxylic acids is 1. The molecule has 0 aromatic heterocycles. The Morgan fingerprint density at radius 2 is 2.06 bits per heavy atom. The zero-order valence-electron chi connectivity index (χ0n) is 10.8. The van der Waals surface area contributed by atoms with Crippen molar-refractivity contribution in [1.82, 2.24) is 10.2 Å². The summed E-state index contributed by atoms with van der Waals surface area (Å²) in [6.07, 6.45) is 0.850. The minimum absolute atomic E-state index is 0.00509. The van der Waals surface area contributed by atoms with Crippen molar-refractivity contribution in [3.8, 4) is 0 Å². The monoisotopic (exact) mass is 256 g/mol. The Kier molecular flexibility index (Phi) is 3.75. The molecule has 2 aliphatic heterocycles. The summed E-state index contributed by atoms with van der Waals surface area (Å²) in [7, 11) is 0. The standard InChI is InChI=1S/C12H20N2O4/c1-7-5-14(6-9(7)11(15)16)12(17)13-10-3-4-18-8(10)2/h7-10H,3-6H2,1-2H3,(H,13,17)(H,15,16)/t7-,8?,9-,10?/m1/s1. The average Bonchev–Trinajstić information content (AvgIpc) is 2.86. The van der Waals surface area contributed by atoms with Crippen LogP contribution in [-0.2, 0) is 9.53 Å². The van der Waals surface area contributed by atoms with E-state index in [1.807, 2.05) is 13.8 Å². The third-order valence-electron chi connectivity index (χ3n) is 3.90. The number of hydrogen-bond donors (Lipinski definition) is 2. The molecule has 2 unspecified atom stereocenters. The summed E-state index contributed by atoms with van der Waals surface area (Å²) in [5.74, 6) is -1.27. The van der Waals surface area contributed by atoms with Gasteiger partial charge in [-0.3, -0.25) is 4.79 Å². The van der Waals surface area contributed by atoms with Gasteiger partial charge in [-0.25, -0.2) is 4.79 Å². The largest absolute Gasteiger partial charge is 0.481 e. The van der Waals surface area contributed by atoms with Crippen molar-refractivity contribution < 1.29 is 19.4 Å². The molecule has 6 heteroatoms. The number of carbonyl (C=O) groups excluding carboxylic acids is 1. The number of nitrogens with zero attached hydrogens (tertiary/aromatic N) is 1. The molecule has 6 nitrogen and oxygen atoms in total. The Morgan fingerprint density at radius 1 is 1.33 bits per heavy atom. The molecule has 0 radical (unpaired) electrons. The summed E-state index contributed by atoms with van der Waals surface area (Å²) >= 11 is 0. The molecule has 0 spiro atoms. The van der Waals surface area contributed by atoms with E-state index < -0.39 is 11.9 Å². The molecular weight excluding hydrogens is 236 g/mol. The average molecular weight is 256 g/mol. The summed E-state index contributed by atoms with van der Waals surface area (Å²) in [4.78, 5) is 24.6. The lowest BCUT2D eigenvalue weighted by molar-refractivity contribution is -0.142. The zero-order valence-corrected chi connectivity index (χ0v) is 10.8. The molecule has 2 aliphatic rings. The molecule has 18 heavy (non-hydrogen) atoms. The van der Waals surface area contributed by atoms with Gasteiger partial charge in [-0.2, -0.15) is 0 Å². The maximum atomic E-state index is 12.0. The van der Waals surface area contributed by atoms with Gasteiger partial charge in [0.25, 0.3) is 0 Å². The van der Waals surface area contributed by atoms with Crippen LogP contribution in [0, 0.1) is 11.8 Å². The third kappa shape index (κ3) is 2.58. The van der Waals surface area contributed by atoms with Crippen molar-refractivity contribution >= 4 is 12.0 Å². The molecule has 4 atom stereocenters. The van der Waals surface area contributed by atoms with E-state index in [4.69, 9.17) is 9.84 Å². The fraction of sp³-hybridized carbons (Fsp3) is 0.833. The van der Waals surface area contributed by atoms with Crippen LogP contribution in [0.3, 0.4) is 0 Å². The normalized spacial score (nSPS) is 35.8. The maximum Gasteiger partial charge on any atom is 0.317 e. The highest BCUT2D eigenvalue weighted by atomic mass is 16.5. The lowest BCUT2D eigenvalue weighted by Crippen LogP contribution is -2.46. The van der Waals surface area contributed by atoms with E-state index in [-0.39, 0.29) is 24.1 Å². The van der Waals surface area contributed by atoms with Crippen molar-refractivity contribution in [3.63, 3.8) is 0 Å². The van der Waals surface area contributed by atoms with Gasteiger partial charge in [0, 0.05) is 19.7 Å². The van der Waals surface area contributed by atoms with Gasteiger partial charge in [0.15, 0.2) is 0 Å². The Labute approximate surface area is 106 Å². The maximum absolute atomic E-state index is 12.0. The highest BCUT2D eigenvalue weighted by molar-refractivity contribution is 5.77. The lowest BCUT2D eigenvalue weighted by Gasteiger charge is -2.22. The highest BCUT2D eigenvalue weighted by Gasteiger charge is 2.38. The van der Waals surface area contributed by atoms with E-state index in [0.717, 1.165) is 6.42 Å². The van der Waals surface area contributed by atoms with Crippen molar-refractivity contribution in [1.29, 1.82) is 0 Å². The predicted octanol–water partition coefficient (Wildman–Crippen LogP) is 0.526. The van der Waals surface area contributed by atoms with E-state index >= 15 is 0 Å². The molecule has 0 bridgehead atoms. The molecular formula is C12H20N2O4. The predicted molar refractivity (Wildman–Crippen MR) is 64.2 cm³/mol. The molecule has 0 aromatic rings. The number of hydrogen-bond acceptors (Lipinski definition) is 3. The fourth-order valence-electron chi connectivity index (χ4n) is 2.63. The highest BCUT2D eigenvalue weighted by Crippen LogP contribution is 2.23. The molecule has 2 heterocycles. The Balaban J connectivity index is 1.89. The second-order valence-electron chi connectivity index (χ2n) is 5.25. The van der Waals surface area contributed by atoms with Crippen molar-refractivity contribution in [3.05, 3.63) is 0 Å². The molecule has 102 valence electrons. The summed E-state index contributed by atoms with van der Waals surface area (Å²) in [6.45, 7) is 5.27. The second kappa shape index (κ2) is 5.14. The number of urea groups is 1. The topological polar surface area (TPSA) is 78.9 Å². The Hall–Kier alpha value is -1.30. The Morgan fingerprint density at radius 3 is 2.56 bits per heavy atom. The van der Waals surface area contributed by atoms with Crippen LogP contribution < -0.4 is 5.32 Å². The summed E-state index contributed by atoms with van der Waals surface area (Å²) in [5, 5.41) is 12.0. The van der Waals surface area contributed by atoms with E-state index in [1.165, 1.54) is 0 Å². The van der Waals surface area contributed by atoms with E-state index in [2.05, 4.69) is 5.32 Å². The molecule has 2 rings (SSSR count). The number of carboxylic acid groups (broad SMARTS) is 1. The molecule has 0 aromatic carbocycles. The van der Waals surface area contributed by atoms with Gasteiger partial charge >= 0.3 is 12.0 Å². The van der Waals surface area contributed by atoms with Crippen LogP contribution in [0.15, 0.2) is 0 Å². The zero-order chi connectivity index (χ0) is 13.3. The van der Waals surface area contributed by atoms with Crippen molar-refractivity contribution in [2.45, 2.75) is 32.4 Å². The number of likely N-dealkylation sites (tertiary alicyclic amines) is 1. The van der Waals surface area contributed by atoms with Gasteiger partial charge in [-0.15, -0.1) is 0 Å². The van der Waals surface area contributed by atoms with Gasteiger partial charge in [-0.05, 0) is 19.3 Å². The van der Waals surface area contributed by atoms with Gasteiger partial charge in [0.2, 0.25) is 0 Å². The van der Waals surface area contributed by atoms with Gasteiger partial charge in [0.05, 0.1) is 18.1 Å². The fourth-order valence-corrected chi connectivity index (χ4v) is 2.63. The molecule has 2 fully saturated rings. The third-order valence-corrected chi connectivity index (χ3v) is 3.90. The van der Waals surface area contributed by atoms with Crippen molar-refractivity contribution in [2.75, 3.05) is 19.7 Å². The van der Waals surface area contributed by atoms with E-state index in [0.29, 0.717) is 19.7 Å². The van der Waals surface area contributed by atoms with Gasteiger partial charge < -0.3 is 20.1 Å². The first-order valence-corrected chi connectivity index (χ1v) is 6.39. The number of rotatable bonds is 2. The minimum Gasteiger partial charge on any atom is -0.481 e. The van der Waals surface area contributed by atoms with Crippen LogP contribution in [0.2, 0.25) is 0 Å². The quantitative estimate of drug-likeness (QED) is 0.755. The van der Waals surface area contributed by atoms with Crippen LogP contribution in [0.4, 0.5) is 4.79 Å². The minimum atomic E-state index is -0.824. The number of ether oxygens (including phenoxy) is 1. The molecule has 0 saturated carbocycles. The Bertz CT molecular complexity index is 347. The van der Waals surface area contributed by atoms with Crippen LogP contribution in [0.5, 0.6) is 0 Å². The lowest BCUT2D eigenvalue weighted by atomic mass is 9.99. The number of nitrogens with one attached hydrogen (secondary N) is 1. The molecule has 2 N–H and O–H groups in total. The summed E-state index contributed by atoms with van der Waals surface area (Å²) in [5.41, 5.74) is 0.